The SMILES string of the molecule is O=C1CCC(NC(=O)C2COCCO2)CN1. The standard InChI is InChI=1S/C10H16N2O4/c13-9-2-1-7(5-11-9)12-10(14)8-6-15-3-4-16-8/h7-8H,1-6H2,(H,11,13)(H,12,14). The van der Waals surface area contributed by atoms with Gasteiger partial charge in [0, 0.05) is 19.0 Å². The molecule has 6 nitrogen and oxygen atoms in total. The summed E-state index contributed by atoms with van der Waals surface area (Å²) in [6, 6.07) is 0.00993. The number of rotatable bonds is 2. The zero-order chi connectivity index (χ0) is 11.4. The topological polar surface area (TPSA) is 76.7 Å². The van der Waals surface area contributed by atoms with Crippen molar-refractivity contribution < 1.29 is 19.1 Å². The average Bonchev–Trinajstić information content (AvgIpc) is 2.33. The fourth-order valence-corrected chi connectivity index (χ4v) is 1.79. The van der Waals surface area contributed by atoms with Crippen molar-refractivity contribution in [2.45, 2.75) is 25.0 Å². The Labute approximate surface area is 93.7 Å². The molecule has 0 aromatic carbocycles. The maximum atomic E-state index is 11.7. The van der Waals surface area contributed by atoms with Gasteiger partial charge in [0.15, 0.2) is 6.10 Å². The maximum absolute atomic E-state index is 11.7. The van der Waals surface area contributed by atoms with Crippen molar-refractivity contribution >= 4 is 11.8 Å². The van der Waals surface area contributed by atoms with E-state index < -0.39 is 6.10 Å². The van der Waals surface area contributed by atoms with Gasteiger partial charge in [-0.3, -0.25) is 9.59 Å². The maximum Gasteiger partial charge on any atom is 0.251 e. The zero-order valence-electron chi connectivity index (χ0n) is 9.03. The van der Waals surface area contributed by atoms with Gasteiger partial charge in [0.25, 0.3) is 5.91 Å². The molecule has 0 aromatic rings. The number of nitrogens with one attached hydrogen (secondary N) is 2. The number of piperidine rings is 1. The van der Waals surface area contributed by atoms with E-state index in [1.807, 2.05) is 0 Å². The first-order valence-corrected chi connectivity index (χ1v) is 5.52. The summed E-state index contributed by atoms with van der Waals surface area (Å²) in [4.78, 5) is 22.6. The van der Waals surface area contributed by atoms with E-state index >= 15 is 0 Å². The van der Waals surface area contributed by atoms with Crippen LogP contribution in [0.4, 0.5) is 0 Å². The summed E-state index contributed by atoms with van der Waals surface area (Å²) in [5, 5.41) is 5.57. The van der Waals surface area contributed by atoms with Gasteiger partial charge in [0.2, 0.25) is 5.91 Å². The van der Waals surface area contributed by atoms with Crippen molar-refractivity contribution in [3.63, 3.8) is 0 Å². The Balaban J connectivity index is 1.75. The van der Waals surface area contributed by atoms with Crippen LogP contribution in [0.1, 0.15) is 12.8 Å². The summed E-state index contributed by atoms with van der Waals surface area (Å²) < 4.78 is 10.4. The molecule has 2 amide bonds. The van der Waals surface area contributed by atoms with Crippen LogP contribution in [-0.4, -0.2) is 50.3 Å². The summed E-state index contributed by atoms with van der Waals surface area (Å²) in [6.45, 7) is 1.81. The third kappa shape index (κ3) is 2.93. The summed E-state index contributed by atoms with van der Waals surface area (Å²) >= 11 is 0. The van der Waals surface area contributed by atoms with Crippen LogP contribution in [0.15, 0.2) is 0 Å². The molecule has 90 valence electrons. The molecule has 2 atom stereocenters. The smallest absolute Gasteiger partial charge is 0.251 e. The van der Waals surface area contributed by atoms with Gasteiger partial charge in [-0.1, -0.05) is 0 Å². The fourth-order valence-electron chi connectivity index (χ4n) is 1.79. The molecule has 0 aromatic heterocycles. The van der Waals surface area contributed by atoms with Crippen LogP contribution in [0.2, 0.25) is 0 Å². The third-order valence-corrected chi connectivity index (χ3v) is 2.72. The van der Waals surface area contributed by atoms with Crippen LogP contribution in [0.3, 0.4) is 0 Å². The number of hydrogen-bond acceptors (Lipinski definition) is 4. The Morgan fingerprint density at radius 3 is 2.94 bits per heavy atom. The summed E-state index contributed by atoms with van der Waals surface area (Å²) in [5.74, 6) is -0.108. The Hall–Kier alpha value is -1.14. The Kier molecular flexibility index (Phi) is 3.74. The molecule has 0 aliphatic carbocycles. The predicted molar refractivity (Wildman–Crippen MR) is 54.7 cm³/mol. The third-order valence-electron chi connectivity index (χ3n) is 2.72. The van der Waals surface area contributed by atoms with Gasteiger partial charge in [0.1, 0.15) is 0 Å². The van der Waals surface area contributed by atoms with Gasteiger partial charge in [-0.05, 0) is 6.42 Å². The van der Waals surface area contributed by atoms with Crippen LogP contribution >= 0.6 is 0 Å². The molecule has 2 heterocycles. The molecular formula is C10H16N2O4. The molecule has 2 aliphatic rings. The van der Waals surface area contributed by atoms with E-state index in [9.17, 15) is 9.59 Å². The summed E-state index contributed by atoms with van der Waals surface area (Å²) in [6.07, 6.45) is 0.643. The molecule has 0 bridgehead atoms. The van der Waals surface area contributed by atoms with E-state index in [0.717, 1.165) is 0 Å². The van der Waals surface area contributed by atoms with Crippen LogP contribution in [0.25, 0.3) is 0 Å². The zero-order valence-corrected chi connectivity index (χ0v) is 9.03. The minimum Gasteiger partial charge on any atom is -0.376 e. The number of carbonyl (C=O) groups excluding carboxylic acids is 2. The Morgan fingerprint density at radius 1 is 1.44 bits per heavy atom. The summed E-state index contributed by atoms with van der Waals surface area (Å²) in [7, 11) is 0. The lowest BCUT2D eigenvalue weighted by Crippen LogP contribution is -2.52. The Morgan fingerprint density at radius 2 is 2.31 bits per heavy atom. The van der Waals surface area contributed by atoms with Crippen molar-refractivity contribution in [1.29, 1.82) is 0 Å². The van der Waals surface area contributed by atoms with Gasteiger partial charge < -0.3 is 20.1 Å². The van der Waals surface area contributed by atoms with Gasteiger partial charge in [-0.2, -0.15) is 0 Å². The molecule has 2 aliphatic heterocycles. The molecule has 2 fully saturated rings. The highest BCUT2D eigenvalue weighted by Gasteiger charge is 2.26. The highest BCUT2D eigenvalue weighted by atomic mass is 16.6. The molecule has 2 unspecified atom stereocenters. The van der Waals surface area contributed by atoms with E-state index in [4.69, 9.17) is 9.47 Å². The van der Waals surface area contributed by atoms with Crippen molar-refractivity contribution in [1.82, 2.24) is 10.6 Å². The van der Waals surface area contributed by atoms with Crippen molar-refractivity contribution in [2.24, 2.45) is 0 Å². The monoisotopic (exact) mass is 228 g/mol. The van der Waals surface area contributed by atoms with Gasteiger partial charge >= 0.3 is 0 Å². The average molecular weight is 228 g/mol. The molecule has 16 heavy (non-hydrogen) atoms. The van der Waals surface area contributed by atoms with Crippen LogP contribution in [0.5, 0.6) is 0 Å². The van der Waals surface area contributed by atoms with Gasteiger partial charge in [0.05, 0.1) is 19.8 Å². The normalized spacial score (nSPS) is 30.6. The molecule has 0 spiro atoms. The van der Waals surface area contributed by atoms with Crippen LogP contribution < -0.4 is 10.6 Å². The molecule has 2 saturated heterocycles. The molecule has 0 radical (unpaired) electrons. The van der Waals surface area contributed by atoms with Crippen molar-refractivity contribution in [3.8, 4) is 0 Å². The van der Waals surface area contributed by atoms with Crippen LogP contribution in [-0.2, 0) is 19.1 Å². The lowest BCUT2D eigenvalue weighted by atomic mass is 10.1. The van der Waals surface area contributed by atoms with Crippen LogP contribution in [0, 0.1) is 0 Å². The van der Waals surface area contributed by atoms with Gasteiger partial charge in [-0.25, -0.2) is 0 Å². The van der Waals surface area contributed by atoms with E-state index in [0.29, 0.717) is 39.2 Å². The highest BCUT2D eigenvalue weighted by Crippen LogP contribution is 2.05. The Bertz CT molecular complexity index is 266. The highest BCUT2D eigenvalue weighted by molar-refractivity contribution is 5.82. The largest absolute Gasteiger partial charge is 0.376 e. The van der Waals surface area contributed by atoms with E-state index in [-0.39, 0.29) is 17.9 Å². The summed E-state index contributed by atoms with van der Waals surface area (Å²) in [5.41, 5.74) is 0. The first kappa shape index (κ1) is 11.3. The molecule has 2 N–H and O–H groups in total. The number of carbonyl (C=O) groups is 2. The number of ether oxygens (including phenoxy) is 2. The number of amides is 2. The molecule has 0 saturated carbocycles. The molecular weight excluding hydrogens is 212 g/mol. The second-order valence-electron chi connectivity index (χ2n) is 3.98. The minimum atomic E-state index is -0.508. The lowest BCUT2D eigenvalue weighted by Gasteiger charge is -2.27. The predicted octanol–water partition coefficient (Wildman–Crippen LogP) is -1.20. The lowest BCUT2D eigenvalue weighted by molar-refractivity contribution is -0.148. The first-order valence-electron chi connectivity index (χ1n) is 5.52. The van der Waals surface area contributed by atoms with E-state index in [2.05, 4.69) is 10.6 Å². The molecule has 2 rings (SSSR count). The quantitative estimate of drug-likeness (QED) is 0.622. The van der Waals surface area contributed by atoms with E-state index in [1.165, 1.54) is 0 Å². The van der Waals surface area contributed by atoms with Gasteiger partial charge in [-0.15, -0.1) is 0 Å². The fraction of sp³-hybridized carbons (Fsp3) is 0.800. The molecule has 6 heteroatoms. The van der Waals surface area contributed by atoms with Crippen molar-refractivity contribution in [3.05, 3.63) is 0 Å². The minimum absolute atomic E-state index is 0.00993. The van der Waals surface area contributed by atoms with Crippen molar-refractivity contribution in [2.75, 3.05) is 26.4 Å². The van der Waals surface area contributed by atoms with E-state index in [1.54, 1.807) is 0 Å². The second-order valence-corrected chi connectivity index (χ2v) is 3.98. The number of hydrogen-bond donors (Lipinski definition) is 2. The first-order chi connectivity index (χ1) is 7.75. The second kappa shape index (κ2) is 5.27.